The number of nitrogens with one attached hydrogen (secondary N) is 1. The number of nitrogens with zero attached hydrogens (tertiary/aromatic N) is 1. The normalized spacial score (nSPS) is 23.1. The first-order chi connectivity index (χ1) is 9.04. The summed E-state index contributed by atoms with van der Waals surface area (Å²) in [6.07, 6.45) is 5.35. The fourth-order valence-electron chi connectivity index (χ4n) is 2.32. The lowest BCUT2D eigenvalue weighted by atomic mass is 9.92. The third-order valence-electron chi connectivity index (χ3n) is 3.40. The zero-order chi connectivity index (χ0) is 13.8. The van der Waals surface area contributed by atoms with Gasteiger partial charge < -0.3 is 15.6 Å². The Kier molecular flexibility index (Phi) is 4.76. The van der Waals surface area contributed by atoms with Crippen LogP contribution < -0.4 is 16.6 Å². The third kappa shape index (κ3) is 4.18. The fraction of sp³-hybridized carbons (Fsp3) is 0.538. The number of amides is 1. The SMILES string of the molecule is NC1CCC(NC(=O)Cn2cc(Br)ccc2=O)CC1. The van der Waals surface area contributed by atoms with E-state index in [-0.39, 0.29) is 30.1 Å². The first-order valence-corrected chi connectivity index (χ1v) is 7.25. The van der Waals surface area contributed by atoms with Crippen LogP contribution in [0.25, 0.3) is 0 Å². The van der Waals surface area contributed by atoms with Gasteiger partial charge in [0.05, 0.1) is 0 Å². The van der Waals surface area contributed by atoms with E-state index in [1.165, 1.54) is 10.6 Å². The van der Waals surface area contributed by atoms with Gasteiger partial charge in [0.15, 0.2) is 0 Å². The minimum atomic E-state index is -0.177. The number of halogens is 1. The summed E-state index contributed by atoms with van der Waals surface area (Å²) in [6, 6.07) is 3.56. The summed E-state index contributed by atoms with van der Waals surface area (Å²) >= 11 is 3.29. The largest absolute Gasteiger partial charge is 0.352 e. The molecule has 0 saturated heterocycles. The van der Waals surface area contributed by atoms with Crippen LogP contribution in [-0.2, 0) is 11.3 Å². The number of carbonyl (C=O) groups excluding carboxylic acids is 1. The van der Waals surface area contributed by atoms with Gasteiger partial charge in [-0.1, -0.05) is 0 Å². The predicted octanol–water partition coefficient (Wildman–Crippen LogP) is 0.997. The zero-order valence-electron chi connectivity index (χ0n) is 10.6. The Morgan fingerprint density at radius 1 is 1.37 bits per heavy atom. The van der Waals surface area contributed by atoms with E-state index in [4.69, 9.17) is 5.73 Å². The maximum absolute atomic E-state index is 11.9. The van der Waals surface area contributed by atoms with Crippen LogP contribution in [0.4, 0.5) is 0 Å². The van der Waals surface area contributed by atoms with E-state index in [0.717, 1.165) is 30.2 Å². The van der Waals surface area contributed by atoms with Crippen molar-refractivity contribution in [3.05, 3.63) is 33.2 Å². The Balaban J connectivity index is 1.90. The van der Waals surface area contributed by atoms with Gasteiger partial charge in [-0.2, -0.15) is 0 Å². The molecule has 1 aromatic heterocycles. The molecule has 6 heteroatoms. The highest BCUT2D eigenvalue weighted by Crippen LogP contribution is 2.16. The Morgan fingerprint density at radius 3 is 2.74 bits per heavy atom. The zero-order valence-corrected chi connectivity index (χ0v) is 12.2. The van der Waals surface area contributed by atoms with E-state index in [0.29, 0.717) is 0 Å². The fourth-order valence-corrected chi connectivity index (χ4v) is 2.70. The summed E-state index contributed by atoms with van der Waals surface area (Å²) in [6.45, 7) is 0.0564. The number of hydrogen-bond acceptors (Lipinski definition) is 3. The van der Waals surface area contributed by atoms with E-state index in [9.17, 15) is 9.59 Å². The monoisotopic (exact) mass is 327 g/mol. The minimum absolute atomic E-state index is 0.0564. The molecule has 1 aliphatic carbocycles. The van der Waals surface area contributed by atoms with Crippen LogP contribution in [0.3, 0.4) is 0 Å². The van der Waals surface area contributed by atoms with Gasteiger partial charge in [-0.05, 0) is 47.7 Å². The van der Waals surface area contributed by atoms with Crippen molar-refractivity contribution in [3.63, 3.8) is 0 Å². The van der Waals surface area contributed by atoms with Gasteiger partial charge in [-0.15, -0.1) is 0 Å². The van der Waals surface area contributed by atoms with E-state index < -0.39 is 0 Å². The second kappa shape index (κ2) is 6.34. The first-order valence-electron chi connectivity index (χ1n) is 6.45. The molecule has 0 aromatic carbocycles. The number of rotatable bonds is 3. The molecule has 1 heterocycles. The van der Waals surface area contributed by atoms with Crippen molar-refractivity contribution < 1.29 is 4.79 Å². The van der Waals surface area contributed by atoms with Crippen molar-refractivity contribution in [3.8, 4) is 0 Å². The number of pyridine rings is 1. The van der Waals surface area contributed by atoms with Crippen LogP contribution in [0.5, 0.6) is 0 Å². The Bertz CT molecular complexity index is 507. The number of nitrogens with two attached hydrogens (primary N) is 1. The molecule has 0 unspecified atom stereocenters. The van der Waals surface area contributed by atoms with Gasteiger partial charge in [-0.3, -0.25) is 9.59 Å². The van der Waals surface area contributed by atoms with Crippen molar-refractivity contribution in [1.29, 1.82) is 0 Å². The molecule has 0 radical (unpaired) electrons. The molecular formula is C13H18BrN3O2. The molecule has 1 saturated carbocycles. The molecule has 1 aromatic rings. The lowest BCUT2D eigenvalue weighted by Crippen LogP contribution is -2.42. The van der Waals surface area contributed by atoms with E-state index in [1.54, 1.807) is 12.3 Å². The highest BCUT2D eigenvalue weighted by molar-refractivity contribution is 9.10. The molecule has 1 aliphatic rings. The minimum Gasteiger partial charge on any atom is -0.352 e. The van der Waals surface area contributed by atoms with Crippen LogP contribution in [0.1, 0.15) is 25.7 Å². The smallest absolute Gasteiger partial charge is 0.251 e. The van der Waals surface area contributed by atoms with Crippen LogP contribution in [0.2, 0.25) is 0 Å². The standard InChI is InChI=1S/C13H18BrN3O2/c14-9-1-6-13(19)17(7-9)8-12(18)16-11-4-2-10(15)3-5-11/h1,6-7,10-11H,2-5,8,15H2,(H,16,18). The van der Waals surface area contributed by atoms with Crippen LogP contribution >= 0.6 is 15.9 Å². The van der Waals surface area contributed by atoms with Gasteiger partial charge >= 0.3 is 0 Å². The average molecular weight is 328 g/mol. The number of aromatic nitrogens is 1. The number of hydrogen-bond donors (Lipinski definition) is 2. The molecule has 104 valence electrons. The van der Waals surface area contributed by atoms with Crippen LogP contribution in [0.15, 0.2) is 27.6 Å². The lowest BCUT2D eigenvalue weighted by Gasteiger charge is -2.26. The Morgan fingerprint density at radius 2 is 2.05 bits per heavy atom. The highest BCUT2D eigenvalue weighted by atomic mass is 79.9. The van der Waals surface area contributed by atoms with Gasteiger partial charge in [0.2, 0.25) is 5.91 Å². The lowest BCUT2D eigenvalue weighted by molar-refractivity contribution is -0.122. The highest BCUT2D eigenvalue weighted by Gasteiger charge is 2.20. The molecular weight excluding hydrogens is 310 g/mol. The van der Waals surface area contributed by atoms with Gasteiger partial charge in [0, 0.05) is 28.8 Å². The summed E-state index contributed by atoms with van der Waals surface area (Å²) < 4.78 is 2.18. The van der Waals surface area contributed by atoms with Gasteiger partial charge in [-0.25, -0.2) is 0 Å². The summed E-state index contributed by atoms with van der Waals surface area (Å²) in [5, 5.41) is 2.97. The maximum Gasteiger partial charge on any atom is 0.251 e. The average Bonchev–Trinajstić information content (AvgIpc) is 2.37. The molecule has 0 bridgehead atoms. The van der Waals surface area contributed by atoms with E-state index in [1.807, 2.05) is 0 Å². The van der Waals surface area contributed by atoms with Crippen molar-refractivity contribution in [2.45, 2.75) is 44.3 Å². The summed E-state index contributed by atoms with van der Waals surface area (Å²) in [4.78, 5) is 23.5. The molecule has 0 spiro atoms. The third-order valence-corrected chi connectivity index (χ3v) is 3.87. The van der Waals surface area contributed by atoms with E-state index >= 15 is 0 Å². The van der Waals surface area contributed by atoms with Crippen molar-refractivity contribution in [2.75, 3.05) is 0 Å². The molecule has 19 heavy (non-hydrogen) atoms. The Hall–Kier alpha value is -1.14. The predicted molar refractivity (Wildman–Crippen MR) is 76.8 cm³/mol. The van der Waals surface area contributed by atoms with Crippen LogP contribution in [0, 0.1) is 0 Å². The maximum atomic E-state index is 11.9. The Labute approximate surface area is 120 Å². The summed E-state index contributed by atoms with van der Waals surface area (Å²) in [5.74, 6) is -0.124. The molecule has 2 rings (SSSR count). The quantitative estimate of drug-likeness (QED) is 0.869. The van der Waals surface area contributed by atoms with Crippen molar-refractivity contribution in [2.24, 2.45) is 5.73 Å². The number of carbonyl (C=O) groups is 1. The molecule has 3 N–H and O–H groups in total. The second-order valence-electron chi connectivity index (χ2n) is 4.99. The van der Waals surface area contributed by atoms with Crippen molar-refractivity contribution >= 4 is 21.8 Å². The summed E-state index contributed by atoms with van der Waals surface area (Å²) in [5.41, 5.74) is 5.65. The van der Waals surface area contributed by atoms with Crippen LogP contribution in [-0.4, -0.2) is 22.6 Å². The molecule has 1 amide bonds. The topological polar surface area (TPSA) is 77.1 Å². The molecule has 1 fully saturated rings. The molecule has 0 aliphatic heterocycles. The van der Waals surface area contributed by atoms with Gasteiger partial charge in [0.1, 0.15) is 6.54 Å². The second-order valence-corrected chi connectivity index (χ2v) is 5.91. The first kappa shape index (κ1) is 14.3. The molecule has 5 nitrogen and oxygen atoms in total. The molecule has 0 atom stereocenters. The van der Waals surface area contributed by atoms with E-state index in [2.05, 4.69) is 21.2 Å². The summed E-state index contributed by atoms with van der Waals surface area (Å²) in [7, 11) is 0. The van der Waals surface area contributed by atoms with Crippen molar-refractivity contribution in [1.82, 2.24) is 9.88 Å². The van der Waals surface area contributed by atoms with Gasteiger partial charge in [0.25, 0.3) is 5.56 Å².